The van der Waals surface area contributed by atoms with E-state index in [0.717, 1.165) is 25.9 Å². The van der Waals surface area contributed by atoms with Crippen molar-refractivity contribution in [3.05, 3.63) is 29.6 Å². The number of hydrogen-bond acceptors (Lipinski definition) is 3. The standard InChI is InChI=1S/C15H23FN2O/c1-3-11-9-18(8-7-13(11)17)10-12-5-4-6-14(19-2)15(12)16/h4-6,11,13H,3,7-10,17H2,1-2H3. The molecule has 0 spiro atoms. The van der Waals surface area contributed by atoms with Gasteiger partial charge in [-0.3, -0.25) is 4.90 Å². The van der Waals surface area contributed by atoms with Crippen molar-refractivity contribution < 1.29 is 9.13 Å². The normalized spacial score (nSPS) is 24.4. The Morgan fingerprint density at radius 2 is 2.26 bits per heavy atom. The van der Waals surface area contributed by atoms with Crippen LogP contribution >= 0.6 is 0 Å². The van der Waals surface area contributed by atoms with E-state index in [0.29, 0.717) is 23.8 Å². The van der Waals surface area contributed by atoms with E-state index < -0.39 is 0 Å². The number of benzene rings is 1. The van der Waals surface area contributed by atoms with Crippen LogP contribution in [0.1, 0.15) is 25.3 Å². The fourth-order valence-corrected chi connectivity index (χ4v) is 2.78. The van der Waals surface area contributed by atoms with E-state index in [4.69, 9.17) is 10.5 Å². The monoisotopic (exact) mass is 266 g/mol. The molecule has 4 heteroatoms. The zero-order chi connectivity index (χ0) is 13.8. The maximum atomic E-state index is 14.1. The number of halogens is 1. The minimum Gasteiger partial charge on any atom is -0.494 e. The molecule has 1 aromatic carbocycles. The summed E-state index contributed by atoms with van der Waals surface area (Å²) in [5.41, 5.74) is 6.80. The average molecular weight is 266 g/mol. The second-order valence-electron chi connectivity index (χ2n) is 5.29. The van der Waals surface area contributed by atoms with Crippen molar-refractivity contribution in [1.29, 1.82) is 0 Å². The summed E-state index contributed by atoms with van der Waals surface area (Å²) >= 11 is 0. The molecule has 3 nitrogen and oxygen atoms in total. The van der Waals surface area contributed by atoms with E-state index in [2.05, 4.69) is 11.8 Å². The zero-order valence-corrected chi connectivity index (χ0v) is 11.7. The number of nitrogens with zero attached hydrogens (tertiary/aromatic N) is 1. The molecule has 106 valence electrons. The number of piperidine rings is 1. The van der Waals surface area contributed by atoms with Gasteiger partial charge in [-0.15, -0.1) is 0 Å². The first-order valence-corrected chi connectivity index (χ1v) is 6.95. The van der Waals surface area contributed by atoms with Crippen LogP contribution in [0.5, 0.6) is 5.75 Å². The van der Waals surface area contributed by atoms with Gasteiger partial charge in [0, 0.05) is 24.7 Å². The number of methoxy groups -OCH3 is 1. The van der Waals surface area contributed by atoms with E-state index in [1.165, 1.54) is 7.11 Å². The quantitative estimate of drug-likeness (QED) is 0.909. The first kappa shape index (κ1) is 14.3. The molecule has 1 aromatic rings. The molecule has 1 aliphatic heterocycles. The van der Waals surface area contributed by atoms with Gasteiger partial charge in [0.2, 0.25) is 0 Å². The van der Waals surface area contributed by atoms with Gasteiger partial charge < -0.3 is 10.5 Å². The Bertz CT molecular complexity index is 425. The third-order valence-corrected chi connectivity index (χ3v) is 4.06. The summed E-state index contributed by atoms with van der Waals surface area (Å²) in [4.78, 5) is 2.29. The lowest BCUT2D eigenvalue weighted by molar-refractivity contribution is 0.144. The van der Waals surface area contributed by atoms with Gasteiger partial charge in [-0.2, -0.15) is 0 Å². The van der Waals surface area contributed by atoms with Crippen LogP contribution in [0.3, 0.4) is 0 Å². The third kappa shape index (κ3) is 3.25. The summed E-state index contributed by atoms with van der Waals surface area (Å²) < 4.78 is 19.1. The van der Waals surface area contributed by atoms with E-state index in [9.17, 15) is 4.39 Å². The van der Waals surface area contributed by atoms with Crippen LogP contribution in [-0.4, -0.2) is 31.1 Å². The van der Waals surface area contributed by atoms with E-state index in [1.807, 2.05) is 12.1 Å². The Morgan fingerprint density at radius 1 is 1.47 bits per heavy atom. The van der Waals surface area contributed by atoms with Crippen LogP contribution in [0.4, 0.5) is 4.39 Å². The molecule has 0 aromatic heterocycles. The number of rotatable bonds is 4. The van der Waals surface area contributed by atoms with Gasteiger partial charge in [0.05, 0.1) is 7.11 Å². The molecule has 2 unspecified atom stereocenters. The Morgan fingerprint density at radius 3 is 2.95 bits per heavy atom. The molecule has 1 saturated heterocycles. The van der Waals surface area contributed by atoms with Crippen molar-refractivity contribution in [2.45, 2.75) is 32.4 Å². The Labute approximate surface area is 114 Å². The SMILES string of the molecule is CCC1CN(Cc2cccc(OC)c2F)CCC1N. The van der Waals surface area contributed by atoms with Crippen molar-refractivity contribution in [3.8, 4) is 5.75 Å². The largest absolute Gasteiger partial charge is 0.494 e. The Balaban J connectivity index is 2.05. The number of ether oxygens (including phenoxy) is 1. The minimum absolute atomic E-state index is 0.243. The highest BCUT2D eigenvalue weighted by molar-refractivity contribution is 5.31. The smallest absolute Gasteiger partial charge is 0.169 e. The second-order valence-corrected chi connectivity index (χ2v) is 5.29. The second kappa shape index (κ2) is 6.35. The molecule has 2 atom stereocenters. The summed E-state index contributed by atoms with van der Waals surface area (Å²) in [6.45, 7) is 4.69. The molecule has 0 saturated carbocycles. The molecule has 1 heterocycles. The zero-order valence-electron chi connectivity index (χ0n) is 11.7. The molecule has 1 fully saturated rings. The lowest BCUT2D eigenvalue weighted by atomic mass is 9.90. The fraction of sp³-hybridized carbons (Fsp3) is 0.600. The minimum atomic E-state index is -0.243. The van der Waals surface area contributed by atoms with Crippen molar-refractivity contribution in [1.82, 2.24) is 4.90 Å². The van der Waals surface area contributed by atoms with E-state index >= 15 is 0 Å². The van der Waals surface area contributed by atoms with Gasteiger partial charge in [0.15, 0.2) is 11.6 Å². The molecule has 0 aliphatic carbocycles. The molecule has 2 rings (SSSR count). The highest BCUT2D eigenvalue weighted by Crippen LogP contribution is 2.24. The average Bonchev–Trinajstić information content (AvgIpc) is 2.43. The van der Waals surface area contributed by atoms with Crippen LogP contribution in [0.15, 0.2) is 18.2 Å². The third-order valence-electron chi connectivity index (χ3n) is 4.06. The Kier molecular flexibility index (Phi) is 4.77. The summed E-state index contributed by atoms with van der Waals surface area (Å²) in [6, 6.07) is 5.61. The number of nitrogens with two attached hydrogens (primary N) is 1. The van der Waals surface area contributed by atoms with Gasteiger partial charge in [-0.1, -0.05) is 25.5 Å². The van der Waals surface area contributed by atoms with Crippen LogP contribution in [-0.2, 0) is 6.54 Å². The van der Waals surface area contributed by atoms with Gasteiger partial charge in [-0.05, 0) is 24.9 Å². The summed E-state index contributed by atoms with van der Waals surface area (Å²) in [5, 5.41) is 0. The first-order chi connectivity index (χ1) is 9.15. The van der Waals surface area contributed by atoms with Crippen molar-refractivity contribution in [3.63, 3.8) is 0 Å². The van der Waals surface area contributed by atoms with Crippen LogP contribution in [0.25, 0.3) is 0 Å². The van der Waals surface area contributed by atoms with Crippen molar-refractivity contribution in [2.75, 3.05) is 20.2 Å². The molecule has 0 amide bonds. The number of likely N-dealkylation sites (tertiary alicyclic amines) is 1. The van der Waals surface area contributed by atoms with E-state index in [-0.39, 0.29) is 11.9 Å². The topological polar surface area (TPSA) is 38.5 Å². The maximum Gasteiger partial charge on any atom is 0.169 e. The molecule has 1 aliphatic rings. The van der Waals surface area contributed by atoms with Crippen molar-refractivity contribution in [2.24, 2.45) is 11.7 Å². The molecule has 19 heavy (non-hydrogen) atoms. The van der Waals surface area contributed by atoms with Crippen LogP contribution in [0, 0.1) is 11.7 Å². The predicted octanol–water partition coefficient (Wildman–Crippen LogP) is 2.39. The highest BCUT2D eigenvalue weighted by Gasteiger charge is 2.25. The van der Waals surface area contributed by atoms with Crippen LogP contribution in [0.2, 0.25) is 0 Å². The fourth-order valence-electron chi connectivity index (χ4n) is 2.78. The van der Waals surface area contributed by atoms with Crippen molar-refractivity contribution >= 4 is 0 Å². The maximum absolute atomic E-state index is 14.1. The first-order valence-electron chi connectivity index (χ1n) is 6.95. The van der Waals surface area contributed by atoms with Gasteiger partial charge in [-0.25, -0.2) is 4.39 Å². The molecular weight excluding hydrogens is 243 g/mol. The predicted molar refractivity (Wildman–Crippen MR) is 74.6 cm³/mol. The lowest BCUT2D eigenvalue weighted by Gasteiger charge is -2.36. The molecule has 0 radical (unpaired) electrons. The highest BCUT2D eigenvalue weighted by atomic mass is 19.1. The number of hydrogen-bond donors (Lipinski definition) is 1. The molecule has 2 N–H and O–H groups in total. The van der Waals surface area contributed by atoms with Gasteiger partial charge >= 0.3 is 0 Å². The van der Waals surface area contributed by atoms with Gasteiger partial charge in [0.1, 0.15) is 0 Å². The molecule has 0 bridgehead atoms. The lowest BCUT2D eigenvalue weighted by Crippen LogP contribution is -2.46. The summed E-state index contributed by atoms with van der Waals surface area (Å²) in [7, 11) is 1.50. The Hall–Kier alpha value is -1.13. The van der Waals surface area contributed by atoms with Crippen LogP contribution < -0.4 is 10.5 Å². The van der Waals surface area contributed by atoms with Gasteiger partial charge in [0.25, 0.3) is 0 Å². The van der Waals surface area contributed by atoms with E-state index in [1.54, 1.807) is 6.07 Å². The summed E-state index contributed by atoms with van der Waals surface area (Å²) in [5.74, 6) is 0.591. The summed E-state index contributed by atoms with van der Waals surface area (Å²) in [6.07, 6.45) is 2.07. The molecular formula is C15H23FN2O.